The summed E-state index contributed by atoms with van der Waals surface area (Å²) in [4.78, 5) is 10.6. The molecule has 64 valence electrons. The SMILES string of the molecule is Cc1cc(O)cc(C)c1C(=O)[O-].[Na+]. The second-order valence-corrected chi connectivity index (χ2v) is 2.74. The van der Waals surface area contributed by atoms with Crippen molar-refractivity contribution < 1.29 is 44.6 Å². The fourth-order valence-corrected chi connectivity index (χ4v) is 1.26. The van der Waals surface area contributed by atoms with Crippen LogP contribution in [0.3, 0.4) is 0 Å². The number of aromatic carboxylic acids is 1. The number of rotatable bonds is 1. The van der Waals surface area contributed by atoms with Crippen LogP contribution in [0.4, 0.5) is 0 Å². The van der Waals surface area contributed by atoms with Gasteiger partial charge in [-0.05, 0) is 37.1 Å². The van der Waals surface area contributed by atoms with E-state index in [4.69, 9.17) is 5.11 Å². The number of carboxylic acid groups (broad SMARTS) is 1. The first-order valence-corrected chi connectivity index (χ1v) is 3.54. The Balaban J connectivity index is 0.00000144. The van der Waals surface area contributed by atoms with Crippen molar-refractivity contribution in [1.82, 2.24) is 0 Å². The second-order valence-electron chi connectivity index (χ2n) is 2.74. The van der Waals surface area contributed by atoms with Crippen LogP contribution in [0.5, 0.6) is 5.75 Å². The van der Waals surface area contributed by atoms with Crippen LogP contribution in [0.1, 0.15) is 21.5 Å². The molecular weight excluding hydrogens is 179 g/mol. The van der Waals surface area contributed by atoms with Crippen molar-refractivity contribution in [2.45, 2.75) is 13.8 Å². The van der Waals surface area contributed by atoms with Gasteiger partial charge in [-0.3, -0.25) is 0 Å². The average Bonchev–Trinajstić information content (AvgIpc) is 1.82. The summed E-state index contributed by atoms with van der Waals surface area (Å²) in [5.41, 5.74) is 1.20. The minimum Gasteiger partial charge on any atom is -0.545 e. The summed E-state index contributed by atoms with van der Waals surface area (Å²) in [5, 5.41) is 19.6. The Morgan fingerprint density at radius 3 is 2.00 bits per heavy atom. The maximum absolute atomic E-state index is 10.6. The van der Waals surface area contributed by atoms with E-state index in [1.54, 1.807) is 13.8 Å². The number of aromatic hydroxyl groups is 1. The van der Waals surface area contributed by atoms with E-state index in [0.717, 1.165) is 0 Å². The Morgan fingerprint density at radius 1 is 1.31 bits per heavy atom. The molecule has 0 saturated carbocycles. The minimum atomic E-state index is -1.20. The number of benzene rings is 1. The zero-order valence-electron chi connectivity index (χ0n) is 7.92. The van der Waals surface area contributed by atoms with E-state index in [0.29, 0.717) is 11.1 Å². The van der Waals surface area contributed by atoms with Gasteiger partial charge < -0.3 is 15.0 Å². The van der Waals surface area contributed by atoms with Gasteiger partial charge in [-0.1, -0.05) is 0 Å². The van der Waals surface area contributed by atoms with Gasteiger partial charge in [0.15, 0.2) is 0 Å². The molecule has 0 unspecified atom stereocenters. The van der Waals surface area contributed by atoms with Gasteiger partial charge in [0.05, 0.1) is 5.97 Å². The number of phenolic OH excluding ortho intramolecular Hbond substituents is 1. The number of phenols is 1. The molecule has 0 aliphatic rings. The molecule has 3 nitrogen and oxygen atoms in total. The molecule has 0 spiro atoms. The third-order valence-corrected chi connectivity index (χ3v) is 1.72. The smallest absolute Gasteiger partial charge is 0.545 e. The summed E-state index contributed by atoms with van der Waals surface area (Å²) in [7, 11) is 0. The predicted molar refractivity (Wildman–Crippen MR) is 41.9 cm³/mol. The fraction of sp³-hybridized carbons (Fsp3) is 0.222. The molecule has 0 atom stereocenters. The molecule has 0 aliphatic carbocycles. The van der Waals surface area contributed by atoms with Gasteiger partial charge in [-0.25, -0.2) is 0 Å². The van der Waals surface area contributed by atoms with Crippen molar-refractivity contribution in [1.29, 1.82) is 0 Å². The van der Waals surface area contributed by atoms with Crippen molar-refractivity contribution in [3.8, 4) is 5.75 Å². The number of hydrogen-bond acceptors (Lipinski definition) is 3. The quantitative estimate of drug-likeness (QED) is 0.491. The Kier molecular flexibility index (Phi) is 4.47. The van der Waals surface area contributed by atoms with Crippen LogP contribution >= 0.6 is 0 Å². The molecule has 0 amide bonds. The number of carbonyl (C=O) groups is 1. The molecule has 1 rings (SSSR count). The van der Waals surface area contributed by atoms with Crippen LogP contribution < -0.4 is 34.7 Å². The van der Waals surface area contributed by atoms with Gasteiger partial charge in [0.1, 0.15) is 5.75 Å². The molecule has 0 heterocycles. The Bertz CT molecular complexity index is 311. The molecule has 0 fully saturated rings. The van der Waals surface area contributed by atoms with Crippen LogP contribution in [-0.4, -0.2) is 11.1 Å². The van der Waals surface area contributed by atoms with Gasteiger partial charge >= 0.3 is 29.6 Å². The van der Waals surface area contributed by atoms with Crippen LogP contribution in [0.2, 0.25) is 0 Å². The molecule has 0 radical (unpaired) electrons. The van der Waals surface area contributed by atoms with E-state index in [9.17, 15) is 9.90 Å². The van der Waals surface area contributed by atoms with E-state index in [-0.39, 0.29) is 40.9 Å². The molecule has 1 N–H and O–H groups in total. The summed E-state index contributed by atoms with van der Waals surface area (Å²) in [6.07, 6.45) is 0. The Hall–Kier alpha value is -0.510. The van der Waals surface area contributed by atoms with E-state index in [2.05, 4.69) is 0 Å². The van der Waals surface area contributed by atoms with Crippen LogP contribution in [0, 0.1) is 13.8 Å². The average molecular weight is 188 g/mol. The van der Waals surface area contributed by atoms with E-state index in [1.807, 2.05) is 0 Å². The van der Waals surface area contributed by atoms with Crippen LogP contribution in [0.15, 0.2) is 12.1 Å². The minimum absolute atomic E-state index is 0. The van der Waals surface area contributed by atoms with Gasteiger partial charge in [-0.15, -0.1) is 0 Å². The summed E-state index contributed by atoms with van der Waals surface area (Å²) in [5.74, 6) is -1.12. The summed E-state index contributed by atoms with van der Waals surface area (Å²) < 4.78 is 0. The van der Waals surface area contributed by atoms with Crippen molar-refractivity contribution in [3.63, 3.8) is 0 Å². The normalized spacial score (nSPS) is 9.08. The van der Waals surface area contributed by atoms with E-state index in [1.165, 1.54) is 12.1 Å². The first-order valence-electron chi connectivity index (χ1n) is 3.54. The van der Waals surface area contributed by atoms with Crippen LogP contribution in [0.25, 0.3) is 0 Å². The molecule has 0 bridgehead atoms. The summed E-state index contributed by atoms with van der Waals surface area (Å²) in [6.45, 7) is 3.25. The van der Waals surface area contributed by atoms with Crippen molar-refractivity contribution in [2.24, 2.45) is 0 Å². The van der Waals surface area contributed by atoms with Gasteiger partial charge in [-0.2, -0.15) is 0 Å². The van der Waals surface area contributed by atoms with Gasteiger partial charge in [0.2, 0.25) is 0 Å². The standard InChI is InChI=1S/C9H10O3.Na/c1-5-3-7(10)4-6(2)8(5)9(11)12;/h3-4,10H,1-2H3,(H,11,12);/q;+1/p-1. The zero-order valence-corrected chi connectivity index (χ0v) is 9.92. The number of carbonyl (C=O) groups excluding carboxylic acids is 1. The molecule has 0 aromatic heterocycles. The zero-order chi connectivity index (χ0) is 9.30. The molecule has 1 aromatic rings. The fourth-order valence-electron chi connectivity index (χ4n) is 1.26. The van der Waals surface area contributed by atoms with Crippen LogP contribution in [-0.2, 0) is 0 Å². The number of carboxylic acids is 1. The largest absolute Gasteiger partial charge is 1.00 e. The third-order valence-electron chi connectivity index (χ3n) is 1.72. The van der Waals surface area contributed by atoms with E-state index < -0.39 is 5.97 Å². The summed E-state index contributed by atoms with van der Waals surface area (Å²) in [6, 6.07) is 2.80. The summed E-state index contributed by atoms with van der Waals surface area (Å²) >= 11 is 0. The maximum Gasteiger partial charge on any atom is 1.00 e. The Morgan fingerprint density at radius 2 is 1.69 bits per heavy atom. The molecular formula is C9H9NaO3. The number of hydrogen-bond donors (Lipinski definition) is 1. The third kappa shape index (κ3) is 2.72. The van der Waals surface area contributed by atoms with Crippen molar-refractivity contribution in [2.75, 3.05) is 0 Å². The molecule has 13 heavy (non-hydrogen) atoms. The topological polar surface area (TPSA) is 60.4 Å². The molecule has 4 heteroatoms. The molecule has 0 aliphatic heterocycles. The first-order chi connectivity index (χ1) is 5.52. The van der Waals surface area contributed by atoms with Crippen molar-refractivity contribution >= 4 is 5.97 Å². The maximum atomic E-state index is 10.6. The Labute approximate surface area is 98.7 Å². The number of aryl methyl sites for hydroxylation is 2. The first kappa shape index (κ1) is 12.5. The molecule has 0 saturated heterocycles. The molecule has 1 aromatic carbocycles. The van der Waals surface area contributed by atoms with Gasteiger partial charge in [0, 0.05) is 5.56 Å². The monoisotopic (exact) mass is 188 g/mol. The van der Waals surface area contributed by atoms with Crippen molar-refractivity contribution in [3.05, 3.63) is 28.8 Å². The second kappa shape index (κ2) is 4.65. The van der Waals surface area contributed by atoms with Gasteiger partial charge in [0.25, 0.3) is 0 Å². The predicted octanol–water partition coefficient (Wildman–Crippen LogP) is -2.62. The van der Waals surface area contributed by atoms with E-state index >= 15 is 0 Å².